The molecule has 1 aliphatic carbocycles. The van der Waals surface area contributed by atoms with E-state index >= 15 is 0 Å². The van der Waals surface area contributed by atoms with Crippen molar-refractivity contribution in [2.24, 2.45) is 7.05 Å². The van der Waals surface area contributed by atoms with E-state index in [2.05, 4.69) is 128 Å². The summed E-state index contributed by atoms with van der Waals surface area (Å²) in [5, 5.41) is 0. The fourth-order valence-corrected chi connectivity index (χ4v) is 5.29. The van der Waals surface area contributed by atoms with Crippen molar-refractivity contribution < 1.29 is 0 Å². The van der Waals surface area contributed by atoms with E-state index in [1.54, 1.807) is 0 Å². The minimum atomic E-state index is -0.333. The van der Waals surface area contributed by atoms with Crippen molar-refractivity contribution in [2.45, 2.75) is 5.41 Å². The SMILES string of the molecule is Cn1c(Br)cc2c1-c1ccc(Br)cc1C2(c1ccccc1)c1ccccc1. The van der Waals surface area contributed by atoms with Crippen LogP contribution >= 0.6 is 31.9 Å². The molecule has 0 N–H and O–H groups in total. The molecule has 1 aromatic heterocycles. The maximum absolute atomic E-state index is 3.76. The van der Waals surface area contributed by atoms with E-state index in [1.807, 2.05) is 0 Å². The molecule has 0 amide bonds. The molecule has 1 heterocycles. The van der Waals surface area contributed by atoms with Gasteiger partial charge in [0.15, 0.2) is 0 Å². The predicted octanol–water partition coefficient (Wildman–Crippen LogP) is 6.91. The van der Waals surface area contributed by atoms with Crippen LogP contribution in [-0.2, 0) is 12.5 Å². The molecule has 27 heavy (non-hydrogen) atoms. The normalized spacial score (nSPS) is 14.0. The van der Waals surface area contributed by atoms with Crippen LogP contribution in [0.2, 0.25) is 0 Å². The molecule has 0 radical (unpaired) electrons. The third-order valence-electron chi connectivity index (χ3n) is 5.63. The van der Waals surface area contributed by atoms with Gasteiger partial charge in [-0.25, -0.2) is 0 Å². The summed E-state index contributed by atoms with van der Waals surface area (Å²) in [5.74, 6) is 0. The molecular weight excluding hydrogens is 462 g/mol. The maximum Gasteiger partial charge on any atom is 0.0852 e. The number of benzene rings is 3. The maximum atomic E-state index is 3.76. The highest BCUT2D eigenvalue weighted by Gasteiger charge is 2.48. The summed E-state index contributed by atoms with van der Waals surface area (Å²) >= 11 is 7.47. The Morgan fingerprint density at radius 2 is 1.30 bits per heavy atom. The van der Waals surface area contributed by atoms with Gasteiger partial charge in [0.25, 0.3) is 0 Å². The number of rotatable bonds is 2. The Bertz CT molecular complexity index is 1100. The smallest absolute Gasteiger partial charge is 0.0852 e. The third kappa shape index (κ3) is 2.28. The number of fused-ring (bicyclic) bond motifs is 3. The van der Waals surface area contributed by atoms with E-state index in [1.165, 1.54) is 33.5 Å². The zero-order chi connectivity index (χ0) is 18.6. The lowest BCUT2D eigenvalue weighted by molar-refractivity contribution is 0.768. The molecule has 1 nitrogen and oxygen atoms in total. The fourth-order valence-electron chi connectivity index (χ4n) is 4.53. The van der Waals surface area contributed by atoms with Crippen molar-refractivity contribution >= 4 is 31.9 Å². The van der Waals surface area contributed by atoms with Crippen LogP contribution in [0.1, 0.15) is 22.3 Å². The molecule has 5 rings (SSSR count). The molecule has 3 heteroatoms. The topological polar surface area (TPSA) is 4.93 Å². The average Bonchev–Trinajstić information content (AvgIpc) is 3.15. The highest BCUT2D eigenvalue weighted by molar-refractivity contribution is 9.10. The van der Waals surface area contributed by atoms with Gasteiger partial charge in [-0.1, -0.05) is 82.7 Å². The molecule has 0 aliphatic heterocycles. The number of hydrogen-bond acceptors (Lipinski definition) is 0. The highest BCUT2D eigenvalue weighted by atomic mass is 79.9. The van der Waals surface area contributed by atoms with Crippen LogP contribution < -0.4 is 0 Å². The molecule has 3 aromatic carbocycles. The van der Waals surface area contributed by atoms with Gasteiger partial charge in [0.2, 0.25) is 0 Å². The summed E-state index contributed by atoms with van der Waals surface area (Å²) in [6.07, 6.45) is 0. The summed E-state index contributed by atoms with van der Waals surface area (Å²) in [6.45, 7) is 0. The number of hydrogen-bond donors (Lipinski definition) is 0. The molecule has 0 unspecified atom stereocenters. The summed E-state index contributed by atoms with van der Waals surface area (Å²) in [4.78, 5) is 0. The number of nitrogens with zero attached hydrogens (tertiary/aromatic N) is 1. The summed E-state index contributed by atoms with van der Waals surface area (Å²) in [5.41, 5.74) is 7.44. The highest BCUT2D eigenvalue weighted by Crippen LogP contribution is 2.57. The van der Waals surface area contributed by atoms with E-state index in [-0.39, 0.29) is 5.41 Å². The molecule has 1 aliphatic rings. The molecule has 0 saturated heterocycles. The van der Waals surface area contributed by atoms with E-state index < -0.39 is 0 Å². The second kappa shape index (κ2) is 6.22. The van der Waals surface area contributed by atoms with Crippen LogP contribution in [0.25, 0.3) is 11.3 Å². The largest absolute Gasteiger partial charge is 0.338 e. The Balaban J connectivity index is 2.01. The first-order valence-corrected chi connectivity index (χ1v) is 10.5. The quantitative estimate of drug-likeness (QED) is 0.259. The van der Waals surface area contributed by atoms with Gasteiger partial charge < -0.3 is 4.57 Å². The molecule has 0 bridgehead atoms. The van der Waals surface area contributed by atoms with E-state index in [0.717, 1.165) is 9.08 Å². The van der Waals surface area contributed by atoms with Crippen molar-refractivity contribution in [3.05, 3.63) is 116 Å². The lowest BCUT2D eigenvalue weighted by atomic mass is 9.68. The second-order valence-electron chi connectivity index (χ2n) is 6.96. The van der Waals surface area contributed by atoms with Gasteiger partial charge in [0.05, 0.1) is 15.7 Å². The zero-order valence-corrected chi connectivity index (χ0v) is 18.0. The second-order valence-corrected chi connectivity index (χ2v) is 8.69. The van der Waals surface area contributed by atoms with E-state index in [0.29, 0.717) is 0 Å². The first kappa shape index (κ1) is 17.0. The van der Waals surface area contributed by atoms with Gasteiger partial charge in [0, 0.05) is 17.1 Å². The summed E-state index contributed by atoms with van der Waals surface area (Å²) in [7, 11) is 2.13. The monoisotopic (exact) mass is 477 g/mol. The van der Waals surface area contributed by atoms with Gasteiger partial charge in [-0.05, 0) is 56.4 Å². The first-order chi connectivity index (χ1) is 13.1. The third-order valence-corrected chi connectivity index (χ3v) is 6.89. The van der Waals surface area contributed by atoms with Crippen LogP contribution in [0.4, 0.5) is 0 Å². The minimum Gasteiger partial charge on any atom is -0.338 e. The average molecular weight is 479 g/mol. The zero-order valence-electron chi connectivity index (χ0n) is 14.8. The minimum absolute atomic E-state index is 0.333. The molecule has 4 aromatic rings. The molecule has 132 valence electrons. The fraction of sp³-hybridized carbons (Fsp3) is 0.0833. The Kier molecular flexibility index (Phi) is 3.92. The van der Waals surface area contributed by atoms with Gasteiger partial charge in [-0.3, -0.25) is 0 Å². The standard InChI is InChI=1S/C24H17Br2N/c1-27-22(26)15-21-23(27)19-13-12-18(25)14-20(19)24(21,16-8-4-2-5-9-16)17-10-6-3-7-11-17/h2-15H,1H3. The van der Waals surface area contributed by atoms with Gasteiger partial charge in [0.1, 0.15) is 0 Å². The van der Waals surface area contributed by atoms with Crippen molar-refractivity contribution in [3.8, 4) is 11.3 Å². The number of aromatic nitrogens is 1. The van der Waals surface area contributed by atoms with Gasteiger partial charge in [-0.2, -0.15) is 0 Å². The predicted molar refractivity (Wildman–Crippen MR) is 118 cm³/mol. The lowest BCUT2D eigenvalue weighted by Gasteiger charge is -2.33. The van der Waals surface area contributed by atoms with Gasteiger partial charge in [-0.15, -0.1) is 0 Å². The van der Waals surface area contributed by atoms with Crippen LogP contribution in [0.5, 0.6) is 0 Å². The first-order valence-electron chi connectivity index (χ1n) is 8.91. The molecular formula is C24H17Br2N. The summed E-state index contributed by atoms with van der Waals surface area (Å²) < 4.78 is 4.44. The Hall–Kier alpha value is -2.10. The molecule has 0 spiro atoms. The lowest BCUT2D eigenvalue weighted by Crippen LogP contribution is -2.28. The van der Waals surface area contributed by atoms with Crippen molar-refractivity contribution in [1.82, 2.24) is 4.57 Å². The van der Waals surface area contributed by atoms with Crippen LogP contribution in [0.15, 0.2) is 94.0 Å². The Labute approximate surface area is 175 Å². The van der Waals surface area contributed by atoms with E-state index in [9.17, 15) is 0 Å². The van der Waals surface area contributed by atoms with Crippen molar-refractivity contribution in [1.29, 1.82) is 0 Å². The number of halogens is 2. The van der Waals surface area contributed by atoms with Crippen LogP contribution in [0, 0.1) is 0 Å². The Morgan fingerprint density at radius 1 is 0.704 bits per heavy atom. The Morgan fingerprint density at radius 3 is 1.89 bits per heavy atom. The molecule has 0 atom stereocenters. The van der Waals surface area contributed by atoms with Crippen molar-refractivity contribution in [3.63, 3.8) is 0 Å². The summed E-state index contributed by atoms with van der Waals surface area (Å²) in [6, 6.07) is 30.6. The molecule has 0 fully saturated rings. The van der Waals surface area contributed by atoms with Crippen LogP contribution in [-0.4, -0.2) is 4.57 Å². The molecule has 0 saturated carbocycles. The van der Waals surface area contributed by atoms with Gasteiger partial charge >= 0.3 is 0 Å². The van der Waals surface area contributed by atoms with Crippen molar-refractivity contribution in [2.75, 3.05) is 0 Å². The van der Waals surface area contributed by atoms with E-state index in [4.69, 9.17) is 0 Å². The van der Waals surface area contributed by atoms with Crippen LogP contribution in [0.3, 0.4) is 0 Å².